The smallest absolute Gasteiger partial charge is 0.230 e. The van der Waals surface area contributed by atoms with Crippen molar-refractivity contribution in [1.82, 2.24) is 0 Å². The van der Waals surface area contributed by atoms with Crippen LogP contribution in [0.3, 0.4) is 0 Å². The lowest BCUT2D eigenvalue weighted by molar-refractivity contribution is -0.123. The lowest BCUT2D eigenvalue weighted by atomic mass is 9.83. The summed E-state index contributed by atoms with van der Waals surface area (Å²) >= 11 is 1.66. The highest BCUT2D eigenvalue weighted by Crippen LogP contribution is 2.44. The topological polar surface area (TPSA) is 32.8 Å². The maximum Gasteiger partial charge on any atom is 0.230 e. The molecule has 1 aromatic rings. The summed E-state index contributed by atoms with van der Waals surface area (Å²) in [5.41, 5.74) is 2.59. The summed E-state index contributed by atoms with van der Waals surface area (Å²) in [5, 5.41) is 2.13. The number of allylic oxidation sites excluding steroid dienone is 2. The van der Waals surface area contributed by atoms with Crippen LogP contribution in [0.1, 0.15) is 84.9 Å². The summed E-state index contributed by atoms with van der Waals surface area (Å²) in [5.74, 6) is 7.04. The Balaban J connectivity index is 0.00000256. The first-order chi connectivity index (χ1) is 13.7. The molecule has 164 valence electrons. The number of ether oxygens (including phenoxy) is 1. The number of carbonyl (C=O) groups is 1. The zero-order chi connectivity index (χ0) is 20.6. The van der Waals surface area contributed by atoms with Gasteiger partial charge in [-0.25, -0.2) is 0 Å². The van der Waals surface area contributed by atoms with Gasteiger partial charge in [-0.3, -0.25) is 4.79 Å². The van der Waals surface area contributed by atoms with Crippen LogP contribution in [0.5, 0.6) is 0 Å². The van der Waals surface area contributed by atoms with Gasteiger partial charge in [0.05, 0.1) is 22.8 Å². The third kappa shape index (κ3) is 5.37. The van der Waals surface area contributed by atoms with Crippen molar-refractivity contribution < 1.29 is 9.53 Å². The lowest BCUT2D eigenvalue weighted by Gasteiger charge is -2.38. The third-order valence-corrected chi connectivity index (χ3v) is 7.27. The largest absolute Gasteiger partial charge is 0.370 e. The Morgan fingerprint density at radius 1 is 1.27 bits per heavy atom. The van der Waals surface area contributed by atoms with Crippen LogP contribution in [0.25, 0.3) is 0 Å². The van der Waals surface area contributed by atoms with Crippen LogP contribution in [0.4, 0.5) is 5.69 Å². The van der Waals surface area contributed by atoms with Crippen molar-refractivity contribution in [3.8, 4) is 11.8 Å². The Morgan fingerprint density at radius 2 is 1.97 bits per heavy atom. The van der Waals surface area contributed by atoms with E-state index in [-0.39, 0.29) is 30.4 Å². The number of anilines is 1. The Hall–Kier alpha value is -1.57. The second-order valence-electron chi connectivity index (χ2n) is 10.1. The average molecular weight is 428 g/mol. The molecule has 1 atom stereocenters. The zero-order valence-electron chi connectivity index (χ0n) is 18.2. The predicted octanol–water partition coefficient (Wildman–Crippen LogP) is 6.57. The number of carbonyl (C=O) groups excluding carboxylic acids is 1. The van der Waals surface area contributed by atoms with Gasteiger partial charge in [-0.1, -0.05) is 30.9 Å². The minimum absolute atomic E-state index is 0. The minimum Gasteiger partial charge on any atom is -0.370 e. The highest BCUT2D eigenvalue weighted by atomic mass is 32.1. The van der Waals surface area contributed by atoms with E-state index in [1.54, 1.807) is 11.3 Å². The molecule has 30 heavy (non-hydrogen) atoms. The van der Waals surface area contributed by atoms with Crippen molar-refractivity contribution in [2.45, 2.75) is 91.7 Å². The second-order valence-corrected chi connectivity index (χ2v) is 11.0. The first kappa shape index (κ1) is 23.1. The van der Waals surface area contributed by atoms with E-state index in [9.17, 15) is 4.79 Å². The van der Waals surface area contributed by atoms with Crippen LogP contribution in [-0.2, 0) is 9.53 Å². The molecule has 2 heterocycles. The van der Waals surface area contributed by atoms with Gasteiger partial charge in [0.1, 0.15) is 0 Å². The van der Waals surface area contributed by atoms with Crippen molar-refractivity contribution in [1.29, 1.82) is 0 Å². The standard InChI is InChI=1S/C25H33NO2S.CH4/c1-18-5-7-19(8-6-18)23(27)26(20-9-13-25(14-10-20)17-28-25)21-15-22(29-16-21)11-12-24(2,3)4;/h5,15-16,19-20H,6-10,13-14,17H2,1-4H3;1H4/t19-,20?,25?;/m0./s1. The van der Waals surface area contributed by atoms with Crippen LogP contribution in [0, 0.1) is 23.2 Å². The number of hydrogen-bond donors (Lipinski definition) is 0. The summed E-state index contributed by atoms with van der Waals surface area (Å²) in [7, 11) is 0. The van der Waals surface area contributed by atoms with Crippen molar-refractivity contribution in [2.24, 2.45) is 11.3 Å². The summed E-state index contributed by atoms with van der Waals surface area (Å²) in [6.07, 6.45) is 9.36. The van der Waals surface area contributed by atoms with Crippen LogP contribution in [0.2, 0.25) is 0 Å². The molecule has 4 rings (SSSR count). The lowest BCUT2D eigenvalue weighted by Crippen LogP contribution is -2.46. The Labute approximate surface area is 186 Å². The van der Waals surface area contributed by atoms with Gasteiger partial charge in [-0.2, -0.15) is 0 Å². The first-order valence-electron chi connectivity index (χ1n) is 11.0. The number of rotatable bonds is 3. The summed E-state index contributed by atoms with van der Waals surface area (Å²) < 4.78 is 5.70. The molecule has 3 nitrogen and oxygen atoms in total. The van der Waals surface area contributed by atoms with Gasteiger partial charge in [0, 0.05) is 22.8 Å². The third-order valence-electron chi connectivity index (χ3n) is 6.43. The Kier molecular flexibility index (Phi) is 6.84. The molecule has 0 bridgehead atoms. The monoisotopic (exact) mass is 427 g/mol. The minimum atomic E-state index is -0.0199. The number of amides is 1. The maximum atomic E-state index is 13.6. The van der Waals surface area contributed by atoms with Gasteiger partial charge in [0.25, 0.3) is 0 Å². The number of nitrogens with zero attached hydrogens (tertiary/aromatic N) is 1. The maximum absolute atomic E-state index is 13.6. The molecule has 2 aliphatic carbocycles. The molecule has 1 aromatic heterocycles. The molecule has 0 aromatic carbocycles. The molecule has 1 saturated carbocycles. The molecule has 0 radical (unpaired) electrons. The fourth-order valence-corrected chi connectivity index (χ4v) is 5.18. The normalized spacial score (nSPS) is 28.1. The summed E-state index contributed by atoms with van der Waals surface area (Å²) in [6, 6.07) is 2.41. The van der Waals surface area contributed by atoms with Gasteiger partial charge >= 0.3 is 0 Å². The van der Waals surface area contributed by atoms with Crippen molar-refractivity contribution >= 4 is 22.9 Å². The number of hydrogen-bond acceptors (Lipinski definition) is 3. The molecule has 3 aliphatic rings. The molecular weight excluding hydrogens is 390 g/mol. The molecule has 4 heteroatoms. The van der Waals surface area contributed by atoms with Crippen LogP contribution < -0.4 is 4.90 Å². The molecule has 1 aliphatic heterocycles. The molecule has 0 N–H and O–H groups in total. The van der Waals surface area contributed by atoms with E-state index < -0.39 is 0 Å². The summed E-state index contributed by atoms with van der Waals surface area (Å²) in [4.78, 5) is 16.8. The number of thiophene rings is 1. The highest BCUT2D eigenvalue weighted by Gasteiger charge is 2.48. The van der Waals surface area contributed by atoms with Crippen molar-refractivity contribution in [3.63, 3.8) is 0 Å². The average Bonchev–Trinajstić information content (AvgIpc) is 3.27. The van der Waals surface area contributed by atoms with E-state index in [0.717, 1.165) is 62.1 Å². The van der Waals surface area contributed by atoms with Gasteiger partial charge < -0.3 is 9.64 Å². The highest BCUT2D eigenvalue weighted by molar-refractivity contribution is 7.11. The summed E-state index contributed by atoms with van der Waals surface area (Å²) in [6.45, 7) is 9.46. The fourth-order valence-electron chi connectivity index (χ4n) is 4.45. The fraction of sp³-hybridized carbons (Fsp3) is 0.654. The van der Waals surface area contributed by atoms with E-state index in [0.29, 0.717) is 5.91 Å². The van der Waals surface area contributed by atoms with Crippen LogP contribution in [-0.4, -0.2) is 24.2 Å². The SMILES string of the molecule is C.CC1=CC[C@H](C(=O)N(c2csc(C#CC(C)(C)C)c2)C2CCC3(CC2)CO3)CC1. The van der Waals surface area contributed by atoms with Gasteiger partial charge in [-0.15, -0.1) is 11.3 Å². The van der Waals surface area contributed by atoms with Crippen LogP contribution >= 0.6 is 11.3 Å². The Bertz CT molecular complexity index is 850. The molecule has 0 unspecified atom stereocenters. The quantitative estimate of drug-likeness (QED) is 0.310. The second kappa shape index (κ2) is 8.89. The van der Waals surface area contributed by atoms with Gasteiger partial charge in [0.15, 0.2) is 0 Å². The van der Waals surface area contributed by atoms with Crippen LogP contribution in [0.15, 0.2) is 23.1 Å². The van der Waals surface area contributed by atoms with Gasteiger partial charge in [0.2, 0.25) is 5.91 Å². The number of epoxide rings is 1. The Morgan fingerprint density at radius 3 is 2.53 bits per heavy atom. The van der Waals surface area contributed by atoms with E-state index in [4.69, 9.17) is 4.74 Å². The molecule has 1 spiro atoms. The molecular formula is C26H37NO2S. The van der Waals surface area contributed by atoms with E-state index >= 15 is 0 Å². The van der Waals surface area contributed by atoms with E-state index in [2.05, 4.69) is 62.0 Å². The predicted molar refractivity (Wildman–Crippen MR) is 127 cm³/mol. The first-order valence-corrected chi connectivity index (χ1v) is 11.9. The molecule has 1 saturated heterocycles. The van der Waals surface area contributed by atoms with Crippen molar-refractivity contribution in [3.05, 3.63) is 28.0 Å². The van der Waals surface area contributed by atoms with E-state index in [1.165, 1.54) is 5.57 Å². The van der Waals surface area contributed by atoms with Crippen molar-refractivity contribution in [2.75, 3.05) is 11.5 Å². The molecule has 1 amide bonds. The molecule has 2 fully saturated rings. The van der Waals surface area contributed by atoms with E-state index in [1.807, 2.05) is 0 Å². The van der Waals surface area contributed by atoms with Gasteiger partial charge in [-0.05, 0) is 78.7 Å². The zero-order valence-corrected chi connectivity index (χ0v) is 19.0.